The highest BCUT2D eigenvalue weighted by Gasteiger charge is 2.33. The molecule has 20 nitrogen and oxygen atoms in total. The molecule has 0 heterocycles. The van der Waals surface area contributed by atoms with Crippen LogP contribution in [0.3, 0.4) is 0 Å². The number of carboxylic acids is 1. The maximum absolute atomic E-state index is 14.0. The smallest absolute Gasteiger partial charge is 0.407 e. The number of aliphatic imine (C=N–C) groups is 1. The zero-order valence-corrected chi connectivity index (χ0v) is 35.0. The van der Waals surface area contributed by atoms with Crippen LogP contribution in [-0.4, -0.2) is 120 Å². The molecule has 0 aliphatic heterocycles. The van der Waals surface area contributed by atoms with E-state index in [0.717, 1.165) is 22.3 Å². The molecule has 0 saturated carbocycles. The molecule has 338 valence electrons. The van der Waals surface area contributed by atoms with Gasteiger partial charge in [0.05, 0.1) is 13.2 Å². The number of aliphatic hydroxyl groups excluding tert-OH is 1. The normalized spacial score (nSPS) is 13.9. The van der Waals surface area contributed by atoms with Gasteiger partial charge in [0.25, 0.3) is 0 Å². The Morgan fingerprint density at radius 2 is 1.35 bits per heavy atom. The molecular formula is C43H55N9O11. The standard InChI is InChI=1S/C43H55N9O11/c1-3-24(2)37(41(61)47-20-35(55)49-34(22-53)40(60)50-32(13-8-18-46-42(44)45)38(58)48-21-36(56)57)52-39(59)33(19-25-14-16-26(54)17-15-25)51-43(62)63-23-31-29-11-6-4-9-27(29)28-10-5-7-12-30(28)31/h4-7,9-12,14-17,24,31-34,37,53-54H,3,8,13,18-23H2,1-2H3,(H,47,61)(H,48,58)(H,49,55)(H,50,60)(H,51,62)(H,52,59)(H,56,57)(H4,44,45,46)/t24-,32-,33-,34-,37-/m0/s1. The van der Waals surface area contributed by atoms with Crippen LogP contribution >= 0.6 is 0 Å². The number of nitrogens with zero attached hydrogens (tertiary/aromatic N) is 1. The van der Waals surface area contributed by atoms with Gasteiger partial charge in [-0.15, -0.1) is 0 Å². The molecule has 3 aromatic carbocycles. The van der Waals surface area contributed by atoms with Crippen molar-refractivity contribution in [1.82, 2.24) is 31.9 Å². The van der Waals surface area contributed by atoms with Gasteiger partial charge in [0, 0.05) is 18.9 Å². The average molecular weight is 874 g/mol. The number of ether oxygens (including phenoxy) is 1. The first kappa shape index (κ1) is 48.4. The molecule has 0 spiro atoms. The van der Waals surface area contributed by atoms with Crippen molar-refractivity contribution in [2.24, 2.45) is 22.4 Å². The van der Waals surface area contributed by atoms with Gasteiger partial charge in [-0.05, 0) is 58.7 Å². The lowest BCUT2D eigenvalue weighted by Gasteiger charge is -2.27. The van der Waals surface area contributed by atoms with Gasteiger partial charge in [-0.2, -0.15) is 0 Å². The van der Waals surface area contributed by atoms with Crippen molar-refractivity contribution in [2.45, 2.75) is 69.6 Å². The first-order chi connectivity index (χ1) is 30.1. The summed E-state index contributed by atoms with van der Waals surface area (Å²) in [5, 5.41) is 43.3. The fraction of sp³-hybridized carbons (Fsp3) is 0.395. The number of phenolic OH excluding ortho intramolecular Hbond substituents is 1. The minimum Gasteiger partial charge on any atom is -0.508 e. The molecule has 0 saturated heterocycles. The summed E-state index contributed by atoms with van der Waals surface area (Å²) in [7, 11) is 0. The Bertz CT molecular complexity index is 2080. The number of amides is 6. The summed E-state index contributed by atoms with van der Waals surface area (Å²) < 4.78 is 5.71. The highest BCUT2D eigenvalue weighted by molar-refractivity contribution is 5.95. The zero-order chi connectivity index (χ0) is 46.1. The summed E-state index contributed by atoms with van der Waals surface area (Å²) in [4.78, 5) is 94.4. The first-order valence-electron chi connectivity index (χ1n) is 20.3. The van der Waals surface area contributed by atoms with Gasteiger partial charge in [0.2, 0.25) is 29.5 Å². The summed E-state index contributed by atoms with van der Waals surface area (Å²) in [5.74, 6) is -6.49. The molecule has 0 aromatic heterocycles. The third-order valence-corrected chi connectivity index (χ3v) is 10.4. The van der Waals surface area contributed by atoms with Gasteiger partial charge in [-0.25, -0.2) is 4.79 Å². The Kier molecular flexibility index (Phi) is 18.2. The number of carbonyl (C=O) groups excluding carboxylic acids is 6. The molecule has 0 bridgehead atoms. The molecule has 6 amide bonds. The van der Waals surface area contributed by atoms with Crippen molar-refractivity contribution in [3.05, 3.63) is 89.5 Å². The van der Waals surface area contributed by atoms with Gasteiger partial charge >= 0.3 is 12.1 Å². The van der Waals surface area contributed by atoms with Crippen molar-refractivity contribution >= 4 is 47.6 Å². The second-order valence-electron chi connectivity index (χ2n) is 14.9. The van der Waals surface area contributed by atoms with Crippen LogP contribution in [0.4, 0.5) is 4.79 Å². The van der Waals surface area contributed by atoms with Gasteiger partial charge < -0.3 is 63.4 Å². The largest absolute Gasteiger partial charge is 0.508 e. The Hall–Kier alpha value is -7.22. The van der Waals surface area contributed by atoms with Crippen LogP contribution in [0.15, 0.2) is 77.8 Å². The second-order valence-corrected chi connectivity index (χ2v) is 14.9. The quantitative estimate of drug-likeness (QED) is 0.0332. The minimum absolute atomic E-state index is 0.00621. The number of fused-ring (bicyclic) bond motifs is 3. The van der Waals surface area contributed by atoms with Gasteiger partial charge in [0.15, 0.2) is 5.96 Å². The number of aromatic hydroxyl groups is 1. The number of aliphatic carboxylic acids is 1. The van der Waals surface area contributed by atoms with Crippen LogP contribution in [0.2, 0.25) is 0 Å². The highest BCUT2D eigenvalue weighted by atomic mass is 16.5. The highest BCUT2D eigenvalue weighted by Crippen LogP contribution is 2.44. The number of carbonyl (C=O) groups is 7. The molecule has 0 fully saturated rings. The van der Waals surface area contributed by atoms with Crippen LogP contribution in [0.1, 0.15) is 55.7 Å². The number of benzene rings is 3. The number of aliphatic hydroxyl groups is 1. The van der Waals surface area contributed by atoms with Crippen LogP contribution in [0.5, 0.6) is 5.75 Å². The predicted molar refractivity (Wildman–Crippen MR) is 230 cm³/mol. The monoisotopic (exact) mass is 873 g/mol. The van der Waals surface area contributed by atoms with E-state index in [9.17, 15) is 43.8 Å². The molecule has 0 unspecified atom stereocenters. The zero-order valence-electron chi connectivity index (χ0n) is 35.0. The average Bonchev–Trinajstić information content (AvgIpc) is 3.59. The molecule has 20 heteroatoms. The lowest BCUT2D eigenvalue weighted by atomic mass is 9.97. The summed E-state index contributed by atoms with van der Waals surface area (Å²) in [6.45, 7) is 1.22. The number of hydrogen-bond acceptors (Lipinski definition) is 11. The van der Waals surface area contributed by atoms with E-state index in [0.29, 0.717) is 12.0 Å². The fourth-order valence-corrected chi connectivity index (χ4v) is 6.86. The van der Waals surface area contributed by atoms with Crippen molar-refractivity contribution < 1.29 is 53.6 Å². The first-order valence-corrected chi connectivity index (χ1v) is 20.3. The number of nitrogens with two attached hydrogens (primary N) is 2. The van der Waals surface area contributed by atoms with E-state index in [2.05, 4.69) is 36.9 Å². The van der Waals surface area contributed by atoms with Gasteiger partial charge in [-0.3, -0.25) is 33.8 Å². The van der Waals surface area contributed by atoms with Crippen LogP contribution < -0.4 is 43.4 Å². The second kappa shape index (κ2) is 23.7. The molecule has 0 radical (unpaired) electrons. The van der Waals surface area contributed by atoms with E-state index < -0.39 is 91.4 Å². The summed E-state index contributed by atoms with van der Waals surface area (Å²) in [6.07, 6.45) is -0.348. The van der Waals surface area contributed by atoms with Crippen molar-refractivity contribution in [3.8, 4) is 16.9 Å². The summed E-state index contributed by atoms with van der Waals surface area (Å²) in [6, 6.07) is 16.3. The minimum atomic E-state index is -1.59. The lowest BCUT2D eigenvalue weighted by Crippen LogP contribution is -2.58. The molecule has 1 aliphatic rings. The maximum Gasteiger partial charge on any atom is 0.407 e. The predicted octanol–water partition coefficient (Wildman–Crippen LogP) is -0.295. The molecule has 13 N–H and O–H groups in total. The van der Waals surface area contributed by atoms with Gasteiger partial charge in [-0.1, -0.05) is 80.9 Å². The van der Waals surface area contributed by atoms with Crippen LogP contribution in [-0.2, 0) is 39.9 Å². The molecule has 5 atom stereocenters. The van der Waals surface area contributed by atoms with Crippen molar-refractivity contribution in [2.75, 3.05) is 32.8 Å². The number of phenols is 1. The van der Waals surface area contributed by atoms with Crippen molar-refractivity contribution in [3.63, 3.8) is 0 Å². The van der Waals surface area contributed by atoms with Crippen LogP contribution in [0.25, 0.3) is 11.1 Å². The third-order valence-electron chi connectivity index (χ3n) is 10.4. The molecular weight excluding hydrogens is 819 g/mol. The van der Waals surface area contributed by atoms with Crippen LogP contribution in [0, 0.1) is 5.92 Å². The number of guanidine groups is 1. The summed E-state index contributed by atoms with van der Waals surface area (Å²) >= 11 is 0. The Morgan fingerprint density at radius 1 is 0.746 bits per heavy atom. The maximum atomic E-state index is 14.0. The van der Waals surface area contributed by atoms with E-state index in [4.69, 9.17) is 21.3 Å². The molecule has 1 aliphatic carbocycles. The van der Waals surface area contributed by atoms with E-state index in [-0.39, 0.29) is 50.0 Å². The Balaban J connectivity index is 1.39. The van der Waals surface area contributed by atoms with E-state index in [1.807, 2.05) is 48.5 Å². The SMILES string of the molecule is CC[C@H](C)[C@H](NC(=O)[C@H](Cc1ccc(O)cc1)NC(=O)OCC1c2ccccc2-c2ccccc21)C(=O)NCC(=O)N[C@@H](CO)C(=O)N[C@@H](CCCN=C(N)N)C(=O)NCC(=O)O. The van der Waals surface area contributed by atoms with E-state index in [1.54, 1.807) is 26.0 Å². The lowest BCUT2D eigenvalue weighted by molar-refractivity contribution is -0.138. The fourth-order valence-electron chi connectivity index (χ4n) is 6.86. The topological polar surface area (TPSA) is 326 Å². The van der Waals surface area contributed by atoms with Gasteiger partial charge in [0.1, 0.15) is 43.1 Å². The number of alkyl carbamates (subject to hydrolysis) is 1. The number of hydrogen-bond donors (Lipinski definition) is 11. The van der Waals surface area contributed by atoms with E-state index in [1.165, 1.54) is 12.1 Å². The van der Waals surface area contributed by atoms with Crippen molar-refractivity contribution in [1.29, 1.82) is 0 Å². The molecule has 4 rings (SSSR count). The number of rotatable bonds is 23. The molecule has 3 aromatic rings. The van der Waals surface area contributed by atoms with E-state index >= 15 is 0 Å². The summed E-state index contributed by atoms with van der Waals surface area (Å²) in [5.41, 5.74) is 15.3. The Labute approximate surface area is 363 Å². The number of nitrogens with one attached hydrogen (secondary N) is 6. The number of carboxylic acid groups (broad SMARTS) is 1. The molecule has 63 heavy (non-hydrogen) atoms. The third kappa shape index (κ3) is 14.4. The Morgan fingerprint density at radius 3 is 1.94 bits per heavy atom.